The molecule has 5 heterocycles. The van der Waals surface area contributed by atoms with E-state index in [1.807, 2.05) is 47.5 Å². The lowest BCUT2D eigenvalue weighted by Gasteiger charge is -2.37. The molecular formula is C38H39FN8O3. The molecule has 0 spiro atoms. The third kappa shape index (κ3) is 6.25. The minimum absolute atomic E-state index is 0.0742. The summed E-state index contributed by atoms with van der Waals surface area (Å²) >= 11 is 0. The maximum absolute atomic E-state index is 16.1. The number of carbonyl (C=O) groups is 2. The van der Waals surface area contributed by atoms with Crippen LogP contribution in [-0.2, 0) is 20.0 Å². The van der Waals surface area contributed by atoms with Gasteiger partial charge in [0.2, 0.25) is 5.91 Å². The summed E-state index contributed by atoms with van der Waals surface area (Å²) in [7, 11) is 1.54. The Morgan fingerprint density at radius 3 is 2.46 bits per heavy atom. The Kier molecular flexibility index (Phi) is 8.36. The number of halogens is 1. The van der Waals surface area contributed by atoms with Gasteiger partial charge >= 0.3 is 0 Å². The lowest BCUT2D eigenvalue weighted by atomic mass is 9.85. The van der Waals surface area contributed by atoms with Gasteiger partial charge in [0.15, 0.2) is 11.4 Å². The largest absolute Gasteiger partial charge is 0.367 e. The lowest BCUT2D eigenvalue weighted by Crippen LogP contribution is -2.49. The van der Waals surface area contributed by atoms with Crippen LogP contribution in [-0.4, -0.2) is 92.2 Å². The lowest BCUT2D eigenvalue weighted by molar-refractivity contribution is -0.139. The highest BCUT2D eigenvalue weighted by molar-refractivity contribution is 6.01. The normalized spacial score (nSPS) is 20.6. The molecular weight excluding hydrogens is 635 g/mol. The van der Waals surface area contributed by atoms with Crippen LogP contribution in [0.25, 0.3) is 33.5 Å². The number of nitrogens with one attached hydrogen (secondary N) is 2. The molecule has 0 radical (unpaired) electrons. The molecule has 8 rings (SSSR count). The number of aromatic nitrogens is 5. The van der Waals surface area contributed by atoms with Crippen molar-refractivity contribution in [1.82, 2.24) is 34.9 Å². The van der Waals surface area contributed by atoms with Crippen LogP contribution in [0.2, 0.25) is 0 Å². The molecule has 50 heavy (non-hydrogen) atoms. The number of methoxy groups -OCH3 is 1. The maximum atomic E-state index is 16.1. The fourth-order valence-corrected chi connectivity index (χ4v) is 7.25. The average Bonchev–Trinajstić information content (AvgIpc) is 3.80. The second-order valence-electron chi connectivity index (χ2n) is 13.7. The number of ether oxygens (including phenoxy) is 1. The predicted octanol–water partition coefficient (Wildman–Crippen LogP) is 5.48. The Labute approximate surface area is 289 Å². The van der Waals surface area contributed by atoms with E-state index in [-0.39, 0.29) is 37.7 Å². The molecule has 3 fully saturated rings. The van der Waals surface area contributed by atoms with Crippen molar-refractivity contribution in [2.75, 3.05) is 45.2 Å². The highest BCUT2D eigenvalue weighted by Gasteiger charge is 2.46. The molecule has 2 N–H and O–H groups in total. The number of carbonyl (C=O) groups excluding carboxylic acids is 2. The van der Waals surface area contributed by atoms with E-state index >= 15 is 4.39 Å². The molecule has 0 unspecified atom stereocenters. The molecule has 3 aromatic heterocycles. The van der Waals surface area contributed by atoms with Gasteiger partial charge in [0.1, 0.15) is 11.4 Å². The van der Waals surface area contributed by atoms with E-state index in [4.69, 9.17) is 4.74 Å². The first kappa shape index (κ1) is 32.2. The van der Waals surface area contributed by atoms with E-state index in [2.05, 4.69) is 36.5 Å². The summed E-state index contributed by atoms with van der Waals surface area (Å²) in [5, 5.41) is 11.6. The number of pyridine rings is 1. The van der Waals surface area contributed by atoms with Gasteiger partial charge < -0.3 is 15.0 Å². The van der Waals surface area contributed by atoms with Crippen molar-refractivity contribution in [2.45, 2.75) is 49.3 Å². The van der Waals surface area contributed by atoms with Crippen LogP contribution in [0.1, 0.15) is 49.3 Å². The highest BCUT2D eigenvalue weighted by Crippen LogP contribution is 2.41. The van der Waals surface area contributed by atoms with Crippen LogP contribution in [0.5, 0.6) is 0 Å². The van der Waals surface area contributed by atoms with Crippen LogP contribution in [0.4, 0.5) is 10.1 Å². The molecule has 2 aliphatic heterocycles. The number of rotatable bonds is 9. The molecule has 2 aromatic carbocycles. The predicted molar refractivity (Wildman–Crippen MR) is 187 cm³/mol. The molecule has 0 bridgehead atoms. The number of piperidine rings is 1. The van der Waals surface area contributed by atoms with Crippen LogP contribution in [0.15, 0.2) is 79.3 Å². The van der Waals surface area contributed by atoms with Crippen LogP contribution >= 0.6 is 0 Å². The molecule has 3 aliphatic rings. The Morgan fingerprint density at radius 1 is 0.940 bits per heavy atom. The minimum Gasteiger partial charge on any atom is -0.367 e. The van der Waals surface area contributed by atoms with E-state index in [1.165, 1.54) is 20.0 Å². The van der Waals surface area contributed by atoms with Crippen LogP contribution in [0, 0.1) is 0 Å². The Morgan fingerprint density at radius 2 is 1.72 bits per heavy atom. The second kappa shape index (κ2) is 13.0. The first-order valence-corrected chi connectivity index (χ1v) is 17.2. The molecule has 12 heteroatoms. The van der Waals surface area contributed by atoms with E-state index in [0.717, 1.165) is 33.4 Å². The Bertz CT molecular complexity index is 2030. The quantitative estimate of drug-likeness (QED) is 0.211. The number of H-pyrrole nitrogens is 1. The fourth-order valence-electron chi connectivity index (χ4n) is 7.25. The molecule has 2 saturated heterocycles. The summed E-state index contributed by atoms with van der Waals surface area (Å²) in [4.78, 5) is 43.8. The summed E-state index contributed by atoms with van der Waals surface area (Å²) < 4.78 is 21.9. The van der Waals surface area contributed by atoms with Gasteiger partial charge in [-0.2, -0.15) is 5.10 Å². The van der Waals surface area contributed by atoms with Crippen molar-refractivity contribution in [3.8, 4) is 22.6 Å². The molecule has 5 aromatic rings. The number of amides is 2. The molecule has 11 nitrogen and oxygen atoms in total. The van der Waals surface area contributed by atoms with E-state index < -0.39 is 11.3 Å². The Hall–Kier alpha value is -5.07. The zero-order chi connectivity index (χ0) is 34.3. The number of likely N-dealkylation sites (tertiary alicyclic amines) is 2. The van der Waals surface area contributed by atoms with Gasteiger partial charge in [0.25, 0.3) is 5.91 Å². The van der Waals surface area contributed by atoms with Crippen molar-refractivity contribution >= 4 is 28.4 Å². The molecule has 1 atom stereocenters. The van der Waals surface area contributed by atoms with Gasteiger partial charge in [-0.05, 0) is 61.2 Å². The average molecular weight is 675 g/mol. The number of hydrogen-bond donors (Lipinski definition) is 2. The summed E-state index contributed by atoms with van der Waals surface area (Å²) in [5.74, 6) is 0.790. The number of nitrogens with zero attached hydrogens (tertiary/aromatic N) is 6. The fraction of sp³-hybridized carbons (Fsp3) is 0.368. The number of anilines is 1. The first-order valence-electron chi connectivity index (χ1n) is 17.2. The summed E-state index contributed by atoms with van der Waals surface area (Å²) in [5.41, 5.74) is 3.20. The Balaban J connectivity index is 0.878. The zero-order valence-corrected chi connectivity index (χ0v) is 27.9. The van der Waals surface area contributed by atoms with Gasteiger partial charge in [-0.25, -0.2) is 14.4 Å². The number of aromatic amines is 1. The molecule has 1 saturated carbocycles. The number of hydrogen-bond acceptors (Lipinski definition) is 8. The van der Waals surface area contributed by atoms with Crippen molar-refractivity contribution < 1.29 is 18.7 Å². The smallest absolute Gasteiger partial charge is 0.258 e. The number of benzene rings is 2. The van der Waals surface area contributed by atoms with Gasteiger partial charge in [-0.3, -0.25) is 24.6 Å². The highest BCUT2D eigenvalue weighted by atomic mass is 19.1. The summed E-state index contributed by atoms with van der Waals surface area (Å²) in [6.45, 7) is 1.59. The van der Waals surface area contributed by atoms with Gasteiger partial charge in [-0.1, -0.05) is 24.3 Å². The summed E-state index contributed by atoms with van der Waals surface area (Å²) in [6.07, 6.45) is 8.40. The third-order valence-electron chi connectivity index (χ3n) is 10.5. The van der Waals surface area contributed by atoms with E-state index in [1.54, 1.807) is 35.5 Å². The monoisotopic (exact) mass is 674 g/mol. The number of fused-ring (bicyclic) bond motifs is 1. The molecule has 256 valence electrons. The van der Waals surface area contributed by atoms with E-state index in [9.17, 15) is 9.59 Å². The number of alkyl halides is 1. The minimum atomic E-state index is -1.51. The summed E-state index contributed by atoms with van der Waals surface area (Å²) in [6, 6.07) is 18.8. The third-order valence-corrected chi connectivity index (χ3v) is 10.5. The topological polar surface area (TPSA) is 129 Å². The van der Waals surface area contributed by atoms with Crippen LogP contribution in [0.3, 0.4) is 0 Å². The van der Waals surface area contributed by atoms with E-state index in [0.29, 0.717) is 49.0 Å². The van der Waals surface area contributed by atoms with Gasteiger partial charge in [0, 0.05) is 98.5 Å². The van der Waals surface area contributed by atoms with Crippen molar-refractivity contribution in [1.29, 1.82) is 0 Å². The first-order chi connectivity index (χ1) is 24.3. The van der Waals surface area contributed by atoms with Crippen molar-refractivity contribution in [2.24, 2.45) is 0 Å². The van der Waals surface area contributed by atoms with Crippen molar-refractivity contribution in [3.63, 3.8) is 0 Å². The second-order valence-corrected chi connectivity index (χ2v) is 13.7. The van der Waals surface area contributed by atoms with Crippen molar-refractivity contribution in [3.05, 3.63) is 90.5 Å². The van der Waals surface area contributed by atoms with Crippen LogP contribution < -0.4 is 5.32 Å². The standard InChI is InChI=1S/C38H39FN8O3/c1-50-38(36(49)43-29-9-10-31-30(22-29)34(45-44-31)27-11-17-40-32(21-27)25-3-4-25)14-18-46(24-38)23-33(48)47-19-12-37(39,13-20-47)28-7-5-26(6-8-28)35-41-15-2-16-42-35/h2,5-11,15-17,21-22,25H,3-4,12-14,18-20,23-24H2,1H3,(H,43,49)(H,44,45)/t38-/m0/s1. The molecule has 2 amide bonds. The van der Waals surface area contributed by atoms with Gasteiger partial charge in [-0.15, -0.1) is 0 Å². The molecule has 1 aliphatic carbocycles. The maximum Gasteiger partial charge on any atom is 0.258 e. The SMILES string of the molecule is CO[C@@]1(C(=O)Nc2ccc3[nH]nc(-c4ccnc(C5CC5)c4)c3c2)CCN(CC(=O)N2CCC(F)(c3ccc(-c4ncccn4)cc3)CC2)C1. The van der Waals surface area contributed by atoms with Gasteiger partial charge in [0.05, 0.1) is 12.1 Å². The zero-order valence-electron chi connectivity index (χ0n) is 27.9.